The number of nitrogens with zero attached hydrogens (tertiary/aromatic N) is 4. The maximum atomic E-state index is 13.7. The molecule has 0 radical (unpaired) electrons. The van der Waals surface area contributed by atoms with E-state index in [1.165, 1.54) is 17.4 Å². The highest BCUT2D eigenvalue weighted by Gasteiger charge is 2.13. The van der Waals surface area contributed by atoms with Crippen LogP contribution in [0.5, 0.6) is 0 Å². The topological polar surface area (TPSA) is 72.7 Å². The number of hydrogen-bond acceptors (Lipinski definition) is 5. The second kappa shape index (κ2) is 6.88. The van der Waals surface area contributed by atoms with Gasteiger partial charge in [0.1, 0.15) is 17.3 Å². The molecule has 3 aromatic rings. The number of thiazole rings is 1. The Labute approximate surface area is 142 Å². The van der Waals surface area contributed by atoms with E-state index in [2.05, 4.69) is 20.5 Å². The molecular weight excluding hydrogens is 329 g/mol. The summed E-state index contributed by atoms with van der Waals surface area (Å²) in [6.45, 7) is 2.12. The van der Waals surface area contributed by atoms with E-state index in [1.54, 1.807) is 23.6 Å². The lowest BCUT2D eigenvalue weighted by molar-refractivity contribution is 0.0945. The SMILES string of the molecule is Cc1nnc(CNC(=O)c2csc(Cc3ccccc3F)n2)n1C. The van der Waals surface area contributed by atoms with E-state index in [0.717, 1.165) is 5.82 Å². The van der Waals surface area contributed by atoms with Gasteiger partial charge in [-0.1, -0.05) is 18.2 Å². The van der Waals surface area contributed by atoms with Crippen molar-refractivity contribution >= 4 is 17.2 Å². The Balaban J connectivity index is 1.63. The number of nitrogens with one attached hydrogen (secondary N) is 1. The molecule has 124 valence electrons. The number of halogens is 1. The quantitative estimate of drug-likeness (QED) is 0.770. The molecule has 2 aromatic heterocycles. The van der Waals surface area contributed by atoms with Crippen LogP contribution in [-0.4, -0.2) is 25.7 Å². The van der Waals surface area contributed by atoms with Gasteiger partial charge in [-0.15, -0.1) is 21.5 Å². The molecule has 1 N–H and O–H groups in total. The van der Waals surface area contributed by atoms with Crippen LogP contribution in [0.1, 0.15) is 32.7 Å². The molecule has 2 heterocycles. The lowest BCUT2D eigenvalue weighted by Crippen LogP contribution is -2.24. The number of carbonyl (C=O) groups excluding carboxylic acids is 1. The van der Waals surface area contributed by atoms with E-state index >= 15 is 0 Å². The highest BCUT2D eigenvalue weighted by Crippen LogP contribution is 2.17. The average Bonchev–Trinajstić information content (AvgIpc) is 3.16. The van der Waals surface area contributed by atoms with Crippen LogP contribution < -0.4 is 5.32 Å². The monoisotopic (exact) mass is 345 g/mol. The van der Waals surface area contributed by atoms with Gasteiger partial charge in [0.2, 0.25) is 0 Å². The largest absolute Gasteiger partial charge is 0.343 e. The molecule has 0 saturated heterocycles. The van der Waals surface area contributed by atoms with Gasteiger partial charge in [-0.05, 0) is 18.6 Å². The molecule has 0 aliphatic heterocycles. The van der Waals surface area contributed by atoms with E-state index in [0.29, 0.717) is 28.5 Å². The standard InChI is InChI=1S/C16H16FN5OS/c1-10-20-21-14(22(10)2)8-18-16(23)13-9-24-15(19-13)7-11-5-3-4-6-12(11)17/h3-6,9H,7-8H2,1-2H3,(H,18,23). The molecule has 1 amide bonds. The average molecular weight is 345 g/mol. The third-order valence-corrected chi connectivity index (χ3v) is 4.52. The molecule has 1 aromatic carbocycles. The van der Waals surface area contributed by atoms with Crippen LogP contribution >= 0.6 is 11.3 Å². The fourth-order valence-corrected chi connectivity index (χ4v) is 2.95. The van der Waals surface area contributed by atoms with Crippen molar-refractivity contribution in [2.75, 3.05) is 0 Å². The van der Waals surface area contributed by atoms with Crippen molar-refractivity contribution in [1.82, 2.24) is 25.1 Å². The summed E-state index contributed by atoms with van der Waals surface area (Å²) in [7, 11) is 1.84. The van der Waals surface area contributed by atoms with Gasteiger partial charge in [-0.2, -0.15) is 0 Å². The summed E-state index contributed by atoms with van der Waals surface area (Å²) >= 11 is 1.34. The first kappa shape index (κ1) is 16.3. The third-order valence-electron chi connectivity index (χ3n) is 3.67. The first-order valence-corrected chi connectivity index (χ1v) is 8.23. The van der Waals surface area contributed by atoms with Gasteiger partial charge >= 0.3 is 0 Å². The van der Waals surface area contributed by atoms with E-state index in [4.69, 9.17) is 0 Å². The predicted molar refractivity (Wildman–Crippen MR) is 88.2 cm³/mol. The van der Waals surface area contributed by atoms with E-state index in [1.807, 2.05) is 18.5 Å². The second-order valence-electron chi connectivity index (χ2n) is 5.30. The summed E-state index contributed by atoms with van der Waals surface area (Å²) < 4.78 is 15.5. The van der Waals surface area contributed by atoms with Crippen molar-refractivity contribution in [3.8, 4) is 0 Å². The lowest BCUT2D eigenvalue weighted by Gasteiger charge is -2.03. The molecule has 0 spiro atoms. The van der Waals surface area contributed by atoms with E-state index in [-0.39, 0.29) is 18.3 Å². The fraction of sp³-hybridized carbons (Fsp3) is 0.250. The molecule has 0 atom stereocenters. The minimum absolute atomic E-state index is 0.267. The van der Waals surface area contributed by atoms with Gasteiger partial charge in [0.15, 0.2) is 5.82 Å². The number of benzene rings is 1. The van der Waals surface area contributed by atoms with Crippen molar-refractivity contribution in [3.05, 3.63) is 63.4 Å². The zero-order chi connectivity index (χ0) is 17.1. The Morgan fingerprint density at radius 1 is 1.33 bits per heavy atom. The van der Waals surface area contributed by atoms with Crippen LogP contribution in [0.4, 0.5) is 4.39 Å². The Morgan fingerprint density at radius 2 is 2.12 bits per heavy atom. The number of rotatable bonds is 5. The smallest absolute Gasteiger partial charge is 0.271 e. The zero-order valence-electron chi connectivity index (χ0n) is 13.3. The van der Waals surface area contributed by atoms with Crippen molar-refractivity contribution in [2.45, 2.75) is 19.9 Å². The van der Waals surface area contributed by atoms with Gasteiger partial charge in [0.25, 0.3) is 5.91 Å². The van der Waals surface area contributed by atoms with Crippen LogP contribution in [-0.2, 0) is 20.0 Å². The van der Waals surface area contributed by atoms with Crippen molar-refractivity contribution in [2.24, 2.45) is 7.05 Å². The highest BCUT2D eigenvalue weighted by atomic mass is 32.1. The van der Waals surface area contributed by atoms with Crippen LogP contribution in [0.25, 0.3) is 0 Å². The summed E-state index contributed by atoms with van der Waals surface area (Å²) in [4.78, 5) is 16.5. The summed E-state index contributed by atoms with van der Waals surface area (Å²) in [6.07, 6.45) is 0.368. The number of aryl methyl sites for hydroxylation is 1. The molecule has 6 nitrogen and oxygen atoms in total. The third kappa shape index (κ3) is 3.48. The molecule has 3 rings (SSSR count). The molecular formula is C16H16FN5OS. The van der Waals surface area contributed by atoms with Gasteiger partial charge in [0.05, 0.1) is 11.6 Å². The van der Waals surface area contributed by atoms with E-state index < -0.39 is 0 Å². The molecule has 0 saturated carbocycles. The molecule has 8 heteroatoms. The van der Waals surface area contributed by atoms with E-state index in [9.17, 15) is 9.18 Å². The van der Waals surface area contributed by atoms with Gasteiger partial charge in [-0.25, -0.2) is 9.37 Å². The first-order valence-electron chi connectivity index (χ1n) is 7.35. The first-order chi connectivity index (χ1) is 11.5. The molecule has 0 aliphatic rings. The second-order valence-corrected chi connectivity index (χ2v) is 6.24. The summed E-state index contributed by atoms with van der Waals surface area (Å²) in [6, 6.07) is 6.56. The molecule has 0 bridgehead atoms. The van der Waals surface area contributed by atoms with Gasteiger partial charge in [0, 0.05) is 18.8 Å². The summed E-state index contributed by atoms with van der Waals surface area (Å²) in [5, 5.41) is 13.1. The molecule has 0 fully saturated rings. The highest BCUT2D eigenvalue weighted by molar-refractivity contribution is 7.09. The van der Waals surface area contributed by atoms with Crippen LogP contribution in [0.15, 0.2) is 29.6 Å². The Kier molecular flexibility index (Phi) is 4.66. The Morgan fingerprint density at radius 3 is 2.83 bits per heavy atom. The molecule has 0 aliphatic carbocycles. The van der Waals surface area contributed by atoms with Crippen LogP contribution in [0.3, 0.4) is 0 Å². The number of amides is 1. The predicted octanol–water partition coefficient (Wildman–Crippen LogP) is 2.24. The van der Waals surface area contributed by atoms with Crippen molar-refractivity contribution < 1.29 is 9.18 Å². The molecule has 0 unspecified atom stereocenters. The maximum absolute atomic E-state index is 13.7. The Bertz CT molecular complexity index is 873. The van der Waals surface area contributed by atoms with Crippen molar-refractivity contribution in [1.29, 1.82) is 0 Å². The summed E-state index contributed by atoms with van der Waals surface area (Å²) in [5.41, 5.74) is 0.888. The fourth-order valence-electron chi connectivity index (χ4n) is 2.16. The zero-order valence-corrected chi connectivity index (χ0v) is 14.1. The number of aromatic nitrogens is 4. The Hall–Kier alpha value is -2.61. The molecule has 24 heavy (non-hydrogen) atoms. The minimum atomic E-state index is -0.285. The lowest BCUT2D eigenvalue weighted by atomic mass is 10.1. The van der Waals surface area contributed by atoms with Gasteiger partial charge < -0.3 is 9.88 Å². The van der Waals surface area contributed by atoms with Crippen LogP contribution in [0, 0.1) is 12.7 Å². The minimum Gasteiger partial charge on any atom is -0.343 e. The maximum Gasteiger partial charge on any atom is 0.271 e. The number of hydrogen-bond donors (Lipinski definition) is 1. The van der Waals surface area contributed by atoms with Crippen molar-refractivity contribution in [3.63, 3.8) is 0 Å². The number of carbonyl (C=O) groups is 1. The van der Waals surface area contributed by atoms with Gasteiger partial charge in [-0.3, -0.25) is 4.79 Å². The van der Waals surface area contributed by atoms with Crippen LogP contribution in [0.2, 0.25) is 0 Å². The normalized spacial score (nSPS) is 10.8. The summed E-state index contributed by atoms with van der Waals surface area (Å²) in [5.74, 6) is 0.894.